The summed E-state index contributed by atoms with van der Waals surface area (Å²) in [7, 11) is 1.59. The van der Waals surface area contributed by atoms with Crippen molar-refractivity contribution in [3.8, 4) is 5.75 Å². The largest absolute Gasteiger partial charge is 0.496 e. The van der Waals surface area contributed by atoms with Crippen molar-refractivity contribution in [1.29, 1.82) is 0 Å². The molecule has 0 aliphatic carbocycles. The predicted octanol–water partition coefficient (Wildman–Crippen LogP) is 1.54. The maximum absolute atomic E-state index is 11.3. The molecule has 0 saturated carbocycles. The molecule has 1 heterocycles. The Kier molecular flexibility index (Phi) is 1.77. The molecular formula is C10H9NO2. The molecule has 1 aromatic carbocycles. The predicted molar refractivity (Wildman–Crippen MR) is 51.1 cm³/mol. The number of ether oxygens (including phenoxy) is 1. The summed E-state index contributed by atoms with van der Waals surface area (Å²) < 4.78 is 5.13. The topological polar surface area (TPSA) is 42.1 Å². The number of fused-ring (bicyclic) bond motifs is 1. The van der Waals surface area contributed by atoms with Crippen LogP contribution in [0.2, 0.25) is 0 Å². The van der Waals surface area contributed by atoms with Crippen LogP contribution in [0.5, 0.6) is 5.75 Å². The monoisotopic (exact) mass is 175 g/mol. The summed E-state index contributed by atoms with van der Waals surface area (Å²) >= 11 is 0. The zero-order valence-corrected chi connectivity index (χ0v) is 7.20. The Bertz CT molecular complexity index is 487. The average molecular weight is 175 g/mol. The number of aromatic amines is 1. The first-order valence-corrected chi connectivity index (χ1v) is 3.97. The SMILES string of the molecule is COc1cccc2c(=O)[nH]ccc12. The van der Waals surface area contributed by atoms with Gasteiger partial charge in [-0.25, -0.2) is 0 Å². The molecule has 0 unspecified atom stereocenters. The fourth-order valence-corrected chi connectivity index (χ4v) is 1.37. The van der Waals surface area contributed by atoms with Crippen molar-refractivity contribution in [3.63, 3.8) is 0 Å². The Morgan fingerprint density at radius 3 is 2.85 bits per heavy atom. The number of aromatic nitrogens is 1. The van der Waals surface area contributed by atoms with Gasteiger partial charge in [0, 0.05) is 11.6 Å². The molecule has 66 valence electrons. The quantitative estimate of drug-likeness (QED) is 0.714. The number of H-pyrrole nitrogens is 1. The molecule has 3 heteroatoms. The minimum absolute atomic E-state index is 0.0867. The van der Waals surface area contributed by atoms with E-state index < -0.39 is 0 Å². The summed E-state index contributed by atoms with van der Waals surface area (Å²) in [5, 5.41) is 1.50. The van der Waals surface area contributed by atoms with Crippen molar-refractivity contribution in [1.82, 2.24) is 4.98 Å². The van der Waals surface area contributed by atoms with E-state index in [-0.39, 0.29) is 5.56 Å². The lowest BCUT2D eigenvalue weighted by atomic mass is 10.1. The first-order valence-electron chi connectivity index (χ1n) is 3.97. The molecule has 13 heavy (non-hydrogen) atoms. The van der Waals surface area contributed by atoms with Gasteiger partial charge in [0.15, 0.2) is 0 Å². The van der Waals surface area contributed by atoms with Gasteiger partial charge in [0.25, 0.3) is 5.56 Å². The van der Waals surface area contributed by atoms with Crippen LogP contribution in [0.25, 0.3) is 10.8 Å². The second-order valence-electron chi connectivity index (χ2n) is 2.73. The highest BCUT2D eigenvalue weighted by Gasteiger charge is 2.01. The van der Waals surface area contributed by atoms with Crippen molar-refractivity contribution < 1.29 is 4.74 Å². The molecule has 1 aromatic heterocycles. The first-order chi connectivity index (χ1) is 6.33. The Hall–Kier alpha value is -1.77. The highest BCUT2D eigenvalue weighted by atomic mass is 16.5. The number of hydrogen-bond acceptors (Lipinski definition) is 2. The van der Waals surface area contributed by atoms with Crippen molar-refractivity contribution in [2.24, 2.45) is 0 Å². The Morgan fingerprint density at radius 2 is 2.08 bits per heavy atom. The third-order valence-electron chi connectivity index (χ3n) is 2.00. The third kappa shape index (κ3) is 1.18. The Morgan fingerprint density at radius 1 is 1.23 bits per heavy atom. The Labute approximate surface area is 75.0 Å². The van der Waals surface area contributed by atoms with E-state index in [0.29, 0.717) is 5.39 Å². The highest BCUT2D eigenvalue weighted by Crippen LogP contribution is 2.21. The molecule has 0 aliphatic heterocycles. The van der Waals surface area contributed by atoms with Gasteiger partial charge >= 0.3 is 0 Å². The van der Waals surface area contributed by atoms with Crippen molar-refractivity contribution in [2.45, 2.75) is 0 Å². The molecule has 1 N–H and O–H groups in total. The number of methoxy groups -OCH3 is 1. The van der Waals surface area contributed by atoms with Crippen LogP contribution in [0.4, 0.5) is 0 Å². The summed E-state index contributed by atoms with van der Waals surface area (Å²) in [4.78, 5) is 14.0. The lowest BCUT2D eigenvalue weighted by Crippen LogP contribution is -2.04. The second-order valence-corrected chi connectivity index (χ2v) is 2.73. The number of hydrogen-bond donors (Lipinski definition) is 1. The van der Waals surface area contributed by atoms with Gasteiger partial charge in [-0.3, -0.25) is 4.79 Å². The van der Waals surface area contributed by atoms with Gasteiger partial charge in [0.05, 0.1) is 12.5 Å². The van der Waals surface area contributed by atoms with Crippen LogP contribution in [0.3, 0.4) is 0 Å². The molecular weight excluding hydrogens is 166 g/mol. The summed E-state index contributed by atoms with van der Waals surface area (Å²) in [5.41, 5.74) is -0.0867. The number of pyridine rings is 1. The van der Waals surface area contributed by atoms with E-state index >= 15 is 0 Å². The first kappa shape index (κ1) is 7.86. The Balaban J connectivity index is 2.92. The lowest BCUT2D eigenvalue weighted by Gasteiger charge is -2.02. The molecule has 2 rings (SSSR count). The fraction of sp³-hybridized carbons (Fsp3) is 0.100. The summed E-state index contributed by atoms with van der Waals surface area (Å²) in [6.07, 6.45) is 1.62. The van der Waals surface area contributed by atoms with Gasteiger partial charge in [0.1, 0.15) is 5.75 Å². The number of rotatable bonds is 1. The van der Waals surface area contributed by atoms with Crippen LogP contribution in [0, 0.1) is 0 Å². The van der Waals surface area contributed by atoms with Gasteiger partial charge < -0.3 is 9.72 Å². The van der Waals surface area contributed by atoms with Crippen LogP contribution in [0.15, 0.2) is 35.3 Å². The molecule has 0 saturated heterocycles. The van der Waals surface area contributed by atoms with E-state index in [1.54, 1.807) is 25.4 Å². The summed E-state index contributed by atoms with van der Waals surface area (Å²) in [6, 6.07) is 7.24. The van der Waals surface area contributed by atoms with Crippen molar-refractivity contribution >= 4 is 10.8 Å². The normalized spacial score (nSPS) is 10.2. The smallest absolute Gasteiger partial charge is 0.255 e. The van der Waals surface area contributed by atoms with E-state index in [0.717, 1.165) is 11.1 Å². The molecule has 2 aromatic rings. The van der Waals surface area contributed by atoms with Gasteiger partial charge in [-0.15, -0.1) is 0 Å². The third-order valence-corrected chi connectivity index (χ3v) is 2.00. The molecule has 3 nitrogen and oxygen atoms in total. The van der Waals surface area contributed by atoms with Crippen LogP contribution in [0.1, 0.15) is 0 Å². The lowest BCUT2D eigenvalue weighted by molar-refractivity contribution is 0.420. The van der Waals surface area contributed by atoms with Gasteiger partial charge in [0.2, 0.25) is 0 Å². The molecule has 0 bridgehead atoms. The zero-order valence-electron chi connectivity index (χ0n) is 7.20. The van der Waals surface area contributed by atoms with Gasteiger partial charge in [-0.2, -0.15) is 0 Å². The van der Waals surface area contributed by atoms with E-state index in [9.17, 15) is 4.79 Å². The molecule has 0 aliphatic rings. The molecule has 0 fully saturated rings. The molecule has 0 spiro atoms. The standard InChI is InChI=1S/C10H9NO2/c1-13-9-4-2-3-8-7(9)5-6-11-10(8)12/h2-6H,1H3,(H,11,12). The molecule has 0 amide bonds. The molecule has 0 radical (unpaired) electrons. The molecule has 0 atom stereocenters. The van der Waals surface area contributed by atoms with Crippen molar-refractivity contribution in [2.75, 3.05) is 7.11 Å². The van der Waals surface area contributed by atoms with Crippen LogP contribution >= 0.6 is 0 Å². The summed E-state index contributed by atoms with van der Waals surface area (Å²) in [6.45, 7) is 0. The number of benzene rings is 1. The van der Waals surface area contributed by atoms with Crippen LogP contribution in [-0.2, 0) is 0 Å². The van der Waals surface area contributed by atoms with Gasteiger partial charge in [-0.1, -0.05) is 6.07 Å². The number of nitrogens with one attached hydrogen (secondary N) is 1. The second kappa shape index (κ2) is 2.94. The maximum atomic E-state index is 11.3. The zero-order chi connectivity index (χ0) is 9.26. The van der Waals surface area contributed by atoms with E-state index in [2.05, 4.69) is 4.98 Å². The van der Waals surface area contributed by atoms with Crippen molar-refractivity contribution in [3.05, 3.63) is 40.8 Å². The van der Waals surface area contributed by atoms with E-state index in [1.807, 2.05) is 12.1 Å². The minimum Gasteiger partial charge on any atom is -0.496 e. The average Bonchev–Trinajstić information content (AvgIpc) is 2.18. The summed E-state index contributed by atoms with van der Waals surface area (Å²) in [5.74, 6) is 0.726. The maximum Gasteiger partial charge on any atom is 0.255 e. The fourth-order valence-electron chi connectivity index (χ4n) is 1.37. The van der Waals surface area contributed by atoms with Crippen LogP contribution < -0.4 is 10.3 Å². The minimum atomic E-state index is -0.0867. The van der Waals surface area contributed by atoms with Gasteiger partial charge in [-0.05, 0) is 18.2 Å². The van der Waals surface area contributed by atoms with E-state index in [4.69, 9.17) is 4.74 Å². The van der Waals surface area contributed by atoms with E-state index in [1.165, 1.54) is 0 Å². The van der Waals surface area contributed by atoms with Crippen LogP contribution in [-0.4, -0.2) is 12.1 Å². The highest BCUT2D eigenvalue weighted by molar-refractivity contribution is 5.87.